The maximum atomic E-state index is 12.6. The molecule has 3 rings (SSSR count). The minimum atomic E-state index is -2.80. The van der Waals surface area contributed by atoms with E-state index in [-0.39, 0.29) is 18.2 Å². The van der Waals surface area contributed by atoms with Crippen molar-refractivity contribution in [3.05, 3.63) is 28.2 Å². The number of halogens is 4. The van der Waals surface area contributed by atoms with Crippen LogP contribution in [0.1, 0.15) is 24.8 Å². The highest BCUT2D eigenvalue weighted by Gasteiger charge is 2.38. The topological polar surface area (TPSA) is 24.5 Å². The van der Waals surface area contributed by atoms with Gasteiger partial charge in [-0.25, -0.2) is 0 Å². The summed E-state index contributed by atoms with van der Waals surface area (Å²) in [4.78, 5) is 2.37. The summed E-state index contributed by atoms with van der Waals surface area (Å²) in [7, 11) is 0. The van der Waals surface area contributed by atoms with E-state index >= 15 is 0 Å². The predicted octanol–water partition coefficient (Wildman–Crippen LogP) is 4.05. The number of piperidine rings is 1. The van der Waals surface area contributed by atoms with E-state index in [1.165, 1.54) is 19.3 Å². The highest BCUT2D eigenvalue weighted by atomic mass is 79.9. The number of likely N-dealkylation sites (tertiary alicyclic amines) is 1. The Kier molecular flexibility index (Phi) is 6.66. The molecule has 1 aromatic carbocycles. The molecule has 2 heterocycles. The van der Waals surface area contributed by atoms with Gasteiger partial charge in [0.2, 0.25) is 0 Å². The van der Waals surface area contributed by atoms with Crippen molar-refractivity contribution in [3.63, 3.8) is 0 Å². The van der Waals surface area contributed by atoms with E-state index in [0.29, 0.717) is 16.4 Å². The Bertz CT molecular complexity index is 527. The van der Waals surface area contributed by atoms with E-state index in [2.05, 4.69) is 26.1 Å². The largest absolute Gasteiger partial charge is 0.433 e. The third kappa shape index (κ3) is 4.56. The van der Waals surface area contributed by atoms with Crippen molar-refractivity contribution in [2.75, 3.05) is 26.2 Å². The minimum absolute atomic E-state index is 0. The van der Waals surface area contributed by atoms with Crippen LogP contribution in [0.5, 0.6) is 5.75 Å². The fraction of sp³-hybridized carbons (Fsp3) is 0.625. The standard InChI is InChI=1S/C16H21BrF2N2O.ClH/c17-13-3-1-2-12(14(13)22-15(18)19)10-21-9-6-16(11-21)4-7-20-8-5-16;/h1-3,15,20H,4-11H2;1H. The normalized spacial score (nSPS) is 20.7. The van der Waals surface area contributed by atoms with Crippen LogP contribution >= 0.6 is 28.3 Å². The summed E-state index contributed by atoms with van der Waals surface area (Å²) in [5, 5.41) is 3.41. The first-order valence-electron chi connectivity index (χ1n) is 7.73. The van der Waals surface area contributed by atoms with Crippen LogP contribution in [-0.2, 0) is 6.54 Å². The smallest absolute Gasteiger partial charge is 0.387 e. The maximum absolute atomic E-state index is 12.6. The Labute approximate surface area is 150 Å². The number of benzene rings is 1. The minimum Gasteiger partial charge on any atom is -0.433 e. The quantitative estimate of drug-likeness (QED) is 0.809. The summed E-state index contributed by atoms with van der Waals surface area (Å²) in [6.45, 7) is 2.12. The highest BCUT2D eigenvalue weighted by molar-refractivity contribution is 9.10. The predicted molar refractivity (Wildman–Crippen MR) is 92.5 cm³/mol. The van der Waals surface area contributed by atoms with Crippen molar-refractivity contribution in [3.8, 4) is 5.75 Å². The monoisotopic (exact) mass is 410 g/mol. The molecule has 1 aromatic rings. The number of hydrogen-bond donors (Lipinski definition) is 1. The van der Waals surface area contributed by atoms with Gasteiger partial charge in [-0.3, -0.25) is 4.90 Å². The van der Waals surface area contributed by atoms with Crippen LogP contribution in [0.3, 0.4) is 0 Å². The molecule has 7 heteroatoms. The molecule has 0 saturated carbocycles. The van der Waals surface area contributed by atoms with Crippen LogP contribution < -0.4 is 10.1 Å². The molecule has 0 aromatic heterocycles. The second-order valence-electron chi connectivity index (χ2n) is 6.32. The molecular formula is C16H22BrClF2N2O. The van der Waals surface area contributed by atoms with Crippen LogP contribution in [0, 0.1) is 5.41 Å². The van der Waals surface area contributed by atoms with Gasteiger partial charge in [0.15, 0.2) is 0 Å². The number of para-hydroxylation sites is 1. The molecule has 23 heavy (non-hydrogen) atoms. The second kappa shape index (κ2) is 8.10. The molecule has 1 N–H and O–H groups in total. The van der Waals surface area contributed by atoms with Gasteiger partial charge >= 0.3 is 6.61 Å². The van der Waals surface area contributed by atoms with Crippen LogP contribution in [0.25, 0.3) is 0 Å². The molecule has 2 aliphatic rings. The van der Waals surface area contributed by atoms with E-state index in [0.717, 1.165) is 31.7 Å². The number of alkyl halides is 2. The molecule has 130 valence electrons. The molecule has 2 aliphatic heterocycles. The van der Waals surface area contributed by atoms with Gasteiger partial charge < -0.3 is 10.1 Å². The fourth-order valence-electron chi connectivity index (χ4n) is 3.67. The van der Waals surface area contributed by atoms with Crippen LogP contribution in [0.15, 0.2) is 22.7 Å². The first-order chi connectivity index (χ1) is 10.6. The van der Waals surface area contributed by atoms with E-state index in [9.17, 15) is 8.78 Å². The average molecular weight is 412 g/mol. The van der Waals surface area contributed by atoms with Crippen LogP contribution in [0.4, 0.5) is 8.78 Å². The summed E-state index contributed by atoms with van der Waals surface area (Å²) in [6.07, 6.45) is 3.62. The molecule has 0 aliphatic carbocycles. The van der Waals surface area contributed by atoms with Crippen LogP contribution in [0.2, 0.25) is 0 Å². The van der Waals surface area contributed by atoms with Crippen molar-refractivity contribution < 1.29 is 13.5 Å². The van der Waals surface area contributed by atoms with Crippen LogP contribution in [-0.4, -0.2) is 37.7 Å². The second-order valence-corrected chi connectivity index (χ2v) is 7.17. The SMILES string of the molecule is Cl.FC(F)Oc1c(Br)cccc1CN1CCC2(CCNCC2)C1. The summed E-state index contributed by atoms with van der Waals surface area (Å²) in [5.41, 5.74) is 1.24. The Morgan fingerprint density at radius 2 is 2.00 bits per heavy atom. The zero-order chi connectivity index (χ0) is 15.6. The molecule has 2 saturated heterocycles. The van der Waals surface area contributed by atoms with Gasteiger partial charge in [-0.2, -0.15) is 8.78 Å². The van der Waals surface area contributed by atoms with E-state index in [1.807, 2.05) is 12.1 Å². The number of rotatable bonds is 4. The van der Waals surface area contributed by atoms with Gasteiger partial charge in [0, 0.05) is 18.7 Å². The molecule has 1 spiro atoms. The van der Waals surface area contributed by atoms with E-state index in [4.69, 9.17) is 4.74 Å². The number of hydrogen-bond acceptors (Lipinski definition) is 3. The first kappa shape index (κ1) is 18.9. The molecule has 0 bridgehead atoms. The highest BCUT2D eigenvalue weighted by Crippen LogP contribution is 2.40. The lowest BCUT2D eigenvalue weighted by atomic mass is 9.78. The fourth-order valence-corrected chi connectivity index (χ4v) is 4.17. The van der Waals surface area contributed by atoms with Crippen molar-refractivity contribution in [2.45, 2.75) is 32.4 Å². The van der Waals surface area contributed by atoms with E-state index < -0.39 is 6.61 Å². The lowest BCUT2D eigenvalue weighted by Gasteiger charge is -2.34. The van der Waals surface area contributed by atoms with Gasteiger partial charge in [-0.15, -0.1) is 12.4 Å². The van der Waals surface area contributed by atoms with Crippen molar-refractivity contribution in [2.24, 2.45) is 5.41 Å². The molecule has 0 unspecified atom stereocenters. The zero-order valence-electron chi connectivity index (χ0n) is 12.9. The average Bonchev–Trinajstić information content (AvgIpc) is 2.86. The molecule has 0 atom stereocenters. The third-order valence-electron chi connectivity index (χ3n) is 4.83. The summed E-state index contributed by atoms with van der Waals surface area (Å²) >= 11 is 3.31. The van der Waals surface area contributed by atoms with Gasteiger partial charge in [-0.05, 0) is 66.3 Å². The lowest BCUT2D eigenvalue weighted by molar-refractivity contribution is -0.0512. The lowest BCUT2D eigenvalue weighted by Crippen LogP contribution is -2.38. The number of nitrogens with zero attached hydrogens (tertiary/aromatic N) is 1. The Hall–Kier alpha value is -0.430. The molecule has 0 amide bonds. The summed E-state index contributed by atoms with van der Waals surface area (Å²) in [5.74, 6) is 0.267. The number of ether oxygens (including phenoxy) is 1. The summed E-state index contributed by atoms with van der Waals surface area (Å²) in [6, 6.07) is 5.48. The van der Waals surface area contributed by atoms with Crippen molar-refractivity contribution >= 4 is 28.3 Å². The molecule has 3 nitrogen and oxygen atoms in total. The molecule has 0 radical (unpaired) electrons. The number of nitrogens with one attached hydrogen (secondary N) is 1. The first-order valence-corrected chi connectivity index (χ1v) is 8.53. The third-order valence-corrected chi connectivity index (χ3v) is 5.46. The van der Waals surface area contributed by atoms with E-state index in [1.54, 1.807) is 6.07 Å². The molecular weight excluding hydrogens is 390 g/mol. The summed E-state index contributed by atoms with van der Waals surface area (Å²) < 4.78 is 30.5. The van der Waals surface area contributed by atoms with Gasteiger partial charge in [0.05, 0.1) is 4.47 Å². The Morgan fingerprint density at radius 3 is 2.70 bits per heavy atom. The Morgan fingerprint density at radius 1 is 1.26 bits per heavy atom. The van der Waals surface area contributed by atoms with Crippen molar-refractivity contribution in [1.29, 1.82) is 0 Å². The van der Waals surface area contributed by atoms with Crippen molar-refractivity contribution in [1.82, 2.24) is 10.2 Å². The van der Waals surface area contributed by atoms with Gasteiger partial charge in [-0.1, -0.05) is 12.1 Å². The van der Waals surface area contributed by atoms with Gasteiger partial charge in [0.25, 0.3) is 0 Å². The zero-order valence-corrected chi connectivity index (χ0v) is 15.3. The maximum Gasteiger partial charge on any atom is 0.387 e. The van der Waals surface area contributed by atoms with Gasteiger partial charge in [0.1, 0.15) is 5.75 Å². The molecule has 2 fully saturated rings. The Balaban J connectivity index is 0.00000192.